The highest BCUT2D eigenvalue weighted by molar-refractivity contribution is 14.1. The molecule has 2 aromatic heterocycles. The minimum Gasteiger partial charge on any atom is -0.308 e. The van der Waals surface area contributed by atoms with Gasteiger partial charge in [-0.2, -0.15) is 5.26 Å². The van der Waals surface area contributed by atoms with Gasteiger partial charge in [-0.05, 0) is 66.0 Å². The largest absolute Gasteiger partial charge is 0.308 e. The fourth-order valence-electron chi connectivity index (χ4n) is 3.37. The average molecular weight is 475 g/mol. The number of halogens is 1. The van der Waals surface area contributed by atoms with Crippen LogP contribution in [0.2, 0.25) is 0 Å². The molecule has 1 aromatic carbocycles. The van der Waals surface area contributed by atoms with Gasteiger partial charge in [0.15, 0.2) is 11.7 Å². The van der Waals surface area contributed by atoms with Crippen LogP contribution in [0.3, 0.4) is 0 Å². The van der Waals surface area contributed by atoms with E-state index in [0.717, 1.165) is 34.8 Å². The van der Waals surface area contributed by atoms with Crippen molar-refractivity contribution in [1.82, 2.24) is 9.97 Å². The Kier molecular flexibility index (Phi) is 4.63. The molecular formula is C19H14IN3O2S. The third kappa shape index (κ3) is 2.97. The summed E-state index contributed by atoms with van der Waals surface area (Å²) >= 11 is 3.63. The summed E-state index contributed by atoms with van der Waals surface area (Å²) in [6, 6.07) is 9.07. The van der Waals surface area contributed by atoms with Crippen LogP contribution in [0.4, 0.5) is 0 Å². The minimum absolute atomic E-state index is 0.132. The Morgan fingerprint density at radius 2 is 2.15 bits per heavy atom. The molecule has 4 rings (SSSR count). The number of aryl methyl sites for hydroxylation is 2. The van der Waals surface area contributed by atoms with Crippen molar-refractivity contribution in [3.8, 4) is 6.07 Å². The van der Waals surface area contributed by atoms with Gasteiger partial charge in [0.2, 0.25) is 0 Å². The quantitative estimate of drug-likeness (QED) is 0.459. The van der Waals surface area contributed by atoms with Crippen LogP contribution >= 0.6 is 33.9 Å². The molecule has 2 heterocycles. The van der Waals surface area contributed by atoms with Gasteiger partial charge in [0.05, 0.1) is 11.5 Å². The van der Waals surface area contributed by atoms with Crippen LogP contribution in [-0.2, 0) is 12.8 Å². The van der Waals surface area contributed by atoms with Crippen molar-refractivity contribution in [1.29, 1.82) is 5.26 Å². The molecule has 5 nitrogen and oxygen atoms in total. The molecular weight excluding hydrogens is 461 g/mol. The highest BCUT2D eigenvalue weighted by Crippen LogP contribution is 2.34. The molecule has 0 fully saturated rings. The Morgan fingerprint density at radius 1 is 1.35 bits per heavy atom. The molecule has 0 bridgehead atoms. The minimum atomic E-state index is -1.12. The molecule has 0 aliphatic heterocycles. The molecule has 0 saturated carbocycles. The number of ketones is 1. The summed E-state index contributed by atoms with van der Waals surface area (Å²) in [5, 5.41) is 10.2. The first-order valence-electron chi connectivity index (χ1n) is 8.32. The van der Waals surface area contributed by atoms with E-state index in [0.29, 0.717) is 15.8 Å². The Hall–Kier alpha value is -2.05. The summed E-state index contributed by atoms with van der Waals surface area (Å²) in [7, 11) is 0. The summed E-state index contributed by atoms with van der Waals surface area (Å²) in [5.41, 5.74) is 1.28. The maximum atomic E-state index is 12.8. The average Bonchev–Trinajstić information content (AvgIpc) is 3.01. The maximum absolute atomic E-state index is 12.8. The van der Waals surface area contributed by atoms with Crippen molar-refractivity contribution in [3.63, 3.8) is 0 Å². The van der Waals surface area contributed by atoms with Crippen LogP contribution < -0.4 is 5.56 Å². The first-order chi connectivity index (χ1) is 12.6. The highest BCUT2D eigenvalue weighted by Gasteiger charge is 2.27. The topological polar surface area (TPSA) is 86.6 Å². The van der Waals surface area contributed by atoms with Gasteiger partial charge in [0.25, 0.3) is 5.56 Å². The van der Waals surface area contributed by atoms with Crippen molar-refractivity contribution in [3.05, 3.63) is 60.0 Å². The number of hydrogen-bond donors (Lipinski definition) is 1. The van der Waals surface area contributed by atoms with Gasteiger partial charge in [0.1, 0.15) is 10.7 Å². The summed E-state index contributed by atoms with van der Waals surface area (Å²) < 4.78 is 0.910. The number of carbonyl (C=O) groups excluding carboxylic acids is 1. The van der Waals surface area contributed by atoms with Crippen LogP contribution in [-0.4, -0.2) is 15.8 Å². The molecule has 7 heteroatoms. The van der Waals surface area contributed by atoms with Gasteiger partial charge in [-0.1, -0.05) is 12.1 Å². The molecule has 130 valence electrons. The summed E-state index contributed by atoms with van der Waals surface area (Å²) in [5.74, 6) is -1.34. The van der Waals surface area contributed by atoms with Crippen LogP contribution in [0, 0.1) is 14.9 Å². The van der Waals surface area contributed by atoms with E-state index in [1.165, 1.54) is 16.2 Å². The number of thiophene rings is 1. The van der Waals surface area contributed by atoms with Crippen molar-refractivity contribution in [2.45, 2.75) is 31.6 Å². The zero-order chi connectivity index (χ0) is 18.3. The van der Waals surface area contributed by atoms with E-state index in [1.807, 2.05) is 12.1 Å². The monoisotopic (exact) mass is 475 g/mol. The summed E-state index contributed by atoms with van der Waals surface area (Å²) in [6.07, 6.45) is 4.05. The van der Waals surface area contributed by atoms with Gasteiger partial charge >= 0.3 is 0 Å². The van der Waals surface area contributed by atoms with Gasteiger partial charge < -0.3 is 4.98 Å². The molecule has 0 amide bonds. The maximum Gasteiger partial charge on any atom is 0.259 e. The molecule has 0 spiro atoms. The number of fused-ring (bicyclic) bond motifs is 3. The van der Waals surface area contributed by atoms with Crippen molar-refractivity contribution < 1.29 is 4.79 Å². The Balaban J connectivity index is 1.81. The lowest BCUT2D eigenvalue weighted by atomic mass is 9.96. The van der Waals surface area contributed by atoms with E-state index in [-0.39, 0.29) is 17.2 Å². The van der Waals surface area contributed by atoms with Gasteiger partial charge in [-0.25, -0.2) is 4.98 Å². The molecule has 0 saturated heterocycles. The number of benzene rings is 1. The number of nitrogens with one attached hydrogen (secondary N) is 1. The van der Waals surface area contributed by atoms with Crippen molar-refractivity contribution in [2.24, 2.45) is 0 Å². The predicted octanol–water partition coefficient (Wildman–Crippen LogP) is 3.96. The number of carbonyl (C=O) groups is 1. The molecule has 1 aliphatic carbocycles. The van der Waals surface area contributed by atoms with E-state index < -0.39 is 5.92 Å². The summed E-state index contributed by atoms with van der Waals surface area (Å²) in [6.45, 7) is 0. The van der Waals surface area contributed by atoms with E-state index in [2.05, 4.69) is 32.6 Å². The third-order valence-corrected chi connectivity index (χ3v) is 6.47. The molecule has 3 aromatic rings. The fraction of sp³-hybridized carbons (Fsp3) is 0.263. The lowest BCUT2D eigenvalue weighted by Gasteiger charge is -2.10. The van der Waals surface area contributed by atoms with E-state index >= 15 is 0 Å². The standard InChI is InChI=1S/C19H14IN3O2S/c20-11-5-3-4-10(8-11)16(24)13(9-21)17-22-18(25)15-12-6-1-2-7-14(12)26-19(15)23-17/h3-5,8,13H,1-2,6-7H2,(H,22,23,25). The number of nitriles is 1. The number of rotatable bonds is 3. The molecule has 1 N–H and O–H groups in total. The number of H-pyrrole nitrogens is 1. The van der Waals surface area contributed by atoms with Gasteiger partial charge in [-0.15, -0.1) is 11.3 Å². The highest BCUT2D eigenvalue weighted by atomic mass is 127. The second-order valence-corrected chi connectivity index (χ2v) is 8.61. The van der Waals surface area contributed by atoms with Gasteiger partial charge in [0, 0.05) is 14.0 Å². The first-order valence-corrected chi connectivity index (χ1v) is 10.2. The zero-order valence-corrected chi connectivity index (χ0v) is 16.7. The number of hydrogen-bond acceptors (Lipinski definition) is 5. The number of nitrogens with zero attached hydrogens (tertiary/aromatic N) is 2. The molecule has 1 unspecified atom stereocenters. The Labute approximate surface area is 167 Å². The summed E-state index contributed by atoms with van der Waals surface area (Å²) in [4.78, 5) is 34.5. The lowest BCUT2D eigenvalue weighted by Crippen LogP contribution is -2.20. The predicted molar refractivity (Wildman–Crippen MR) is 109 cm³/mol. The van der Waals surface area contributed by atoms with E-state index in [4.69, 9.17) is 0 Å². The molecule has 1 aliphatic rings. The number of aromatic nitrogens is 2. The number of Topliss-reactive ketones (excluding diaryl/α,β-unsaturated/α-hetero) is 1. The third-order valence-electron chi connectivity index (χ3n) is 4.62. The van der Waals surface area contributed by atoms with Crippen LogP contribution in [0.1, 0.15) is 45.4 Å². The lowest BCUT2D eigenvalue weighted by molar-refractivity contribution is 0.0976. The van der Waals surface area contributed by atoms with Crippen LogP contribution in [0.5, 0.6) is 0 Å². The van der Waals surface area contributed by atoms with Gasteiger partial charge in [-0.3, -0.25) is 9.59 Å². The van der Waals surface area contributed by atoms with E-state index in [1.54, 1.807) is 18.2 Å². The molecule has 0 radical (unpaired) electrons. The smallest absolute Gasteiger partial charge is 0.259 e. The normalized spacial score (nSPS) is 14.6. The fourth-order valence-corrected chi connectivity index (χ4v) is 5.18. The second-order valence-electron chi connectivity index (χ2n) is 6.28. The molecule has 26 heavy (non-hydrogen) atoms. The first kappa shape index (κ1) is 17.4. The zero-order valence-electron chi connectivity index (χ0n) is 13.7. The molecule has 1 atom stereocenters. The van der Waals surface area contributed by atoms with Crippen molar-refractivity contribution in [2.75, 3.05) is 0 Å². The van der Waals surface area contributed by atoms with Crippen LogP contribution in [0.15, 0.2) is 29.1 Å². The second kappa shape index (κ2) is 6.93. The SMILES string of the molecule is N#CC(C(=O)c1cccc(I)c1)c1nc2sc3c(c2c(=O)[nH]1)CCCC3. The Morgan fingerprint density at radius 3 is 2.92 bits per heavy atom. The number of aromatic amines is 1. The van der Waals surface area contributed by atoms with Crippen molar-refractivity contribution >= 4 is 49.9 Å². The van der Waals surface area contributed by atoms with Crippen LogP contribution in [0.25, 0.3) is 10.2 Å². The van der Waals surface area contributed by atoms with E-state index in [9.17, 15) is 14.9 Å². The Bertz CT molecular complexity index is 1130.